The van der Waals surface area contributed by atoms with Crippen molar-refractivity contribution in [3.05, 3.63) is 106 Å². The highest BCUT2D eigenvalue weighted by Crippen LogP contribution is 2.28. The lowest BCUT2D eigenvalue weighted by Crippen LogP contribution is -2.16. The number of anilines is 1. The number of methoxy groups -OCH3 is 1. The van der Waals surface area contributed by atoms with Gasteiger partial charge in [0.25, 0.3) is 5.56 Å². The molecule has 0 saturated heterocycles. The van der Waals surface area contributed by atoms with Crippen molar-refractivity contribution in [1.29, 1.82) is 5.26 Å². The van der Waals surface area contributed by atoms with Crippen LogP contribution in [0, 0.1) is 11.3 Å². The molecule has 0 unspecified atom stereocenters. The van der Waals surface area contributed by atoms with Crippen molar-refractivity contribution in [2.45, 2.75) is 0 Å². The van der Waals surface area contributed by atoms with Gasteiger partial charge in [-0.1, -0.05) is 48.5 Å². The maximum atomic E-state index is 12.3. The molecule has 0 fully saturated rings. The molecule has 0 bridgehead atoms. The number of ether oxygens (including phenoxy) is 2. The average molecular weight is 465 g/mol. The van der Waals surface area contributed by atoms with Gasteiger partial charge in [-0.15, -0.1) is 0 Å². The number of aromatic nitrogens is 2. The highest BCUT2D eigenvalue weighted by Gasteiger charge is 2.14. The van der Waals surface area contributed by atoms with Gasteiger partial charge in [-0.2, -0.15) is 10.4 Å². The minimum atomic E-state index is -0.578. The number of rotatable bonds is 7. The number of nitrogens with zero attached hydrogens (tertiary/aromatic N) is 3. The van der Waals surface area contributed by atoms with Crippen LogP contribution in [0.2, 0.25) is 0 Å². The third kappa shape index (κ3) is 5.40. The fraction of sp³-hybridized carbons (Fsp3) is 0.0385. The van der Waals surface area contributed by atoms with Crippen LogP contribution in [0.1, 0.15) is 21.5 Å². The first-order valence-corrected chi connectivity index (χ1v) is 10.4. The van der Waals surface area contributed by atoms with Crippen LogP contribution in [0.25, 0.3) is 11.3 Å². The standard InChI is InChI=1S/C26H19N5O4/c1-34-22-14-17(12-13-21(22)35-25(33)19-10-6-3-7-11-19)16-28-31-26-29-23(18-8-4-2-5-9-18)20(15-27)24(32)30-26/h2-14,16H,1H3,(H2,29,30,31,32). The lowest BCUT2D eigenvalue weighted by atomic mass is 10.1. The van der Waals surface area contributed by atoms with Gasteiger partial charge in [0.15, 0.2) is 11.5 Å². The lowest BCUT2D eigenvalue weighted by Gasteiger charge is -2.10. The maximum Gasteiger partial charge on any atom is 0.343 e. The Labute approximate surface area is 200 Å². The van der Waals surface area contributed by atoms with Crippen LogP contribution in [0.15, 0.2) is 88.8 Å². The van der Waals surface area contributed by atoms with Crippen molar-refractivity contribution in [3.63, 3.8) is 0 Å². The largest absolute Gasteiger partial charge is 0.493 e. The molecular weight excluding hydrogens is 446 g/mol. The number of hydrogen-bond donors (Lipinski definition) is 2. The maximum absolute atomic E-state index is 12.3. The zero-order chi connectivity index (χ0) is 24.6. The summed E-state index contributed by atoms with van der Waals surface area (Å²) < 4.78 is 10.8. The monoisotopic (exact) mass is 465 g/mol. The molecule has 0 saturated carbocycles. The first-order valence-electron chi connectivity index (χ1n) is 10.4. The molecule has 0 aliphatic carbocycles. The molecule has 0 spiro atoms. The van der Waals surface area contributed by atoms with E-state index in [0.717, 1.165) is 0 Å². The van der Waals surface area contributed by atoms with E-state index in [0.29, 0.717) is 22.4 Å². The molecule has 35 heavy (non-hydrogen) atoms. The minimum absolute atomic E-state index is 0.0736. The Hall–Kier alpha value is -5.23. The third-order valence-corrected chi connectivity index (χ3v) is 4.86. The molecule has 9 nitrogen and oxygen atoms in total. The zero-order valence-corrected chi connectivity index (χ0v) is 18.6. The number of carbonyl (C=O) groups excluding carboxylic acids is 1. The van der Waals surface area contributed by atoms with Crippen LogP contribution in [-0.4, -0.2) is 29.3 Å². The average Bonchev–Trinajstić information content (AvgIpc) is 2.90. The first-order chi connectivity index (χ1) is 17.1. The van der Waals surface area contributed by atoms with E-state index in [2.05, 4.69) is 20.5 Å². The smallest absolute Gasteiger partial charge is 0.343 e. The fourth-order valence-electron chi connectivity index (χ4n) is 3.18. The second-order valence-corrected chi connectivity index (χ2v) is 7.15. The van der Waals surface area contributed by atoms with Crippen LogP contribution < -0.4 is 20.5 Å². The summed E-state index contributed by atoms with van der Waals surface area (Å²) in [5.74, 6) is 0.174. The Morgan fingerprint density at radius 1 is 1.06 bits per heavy atom. The lowest BCUT2D eigenvalue weighted by molar-refractivity contribution is 0.0729. The highest BCUT2D eigenvalue weighted by atomic mass is 16.6. The number of hydrazone groups is 1. The molecule has 0 amide bonds. The summed E-state index contributed by atoms with van der Waals surface area (Å²) in [4.78, 5) is 31.5. The number of nitriles is 1. The number of esters is 1. The van der Waals surface area contributed by atoms with E-state index in [1.807, 2.05) is 18.2 Å². The topological polar surface area (TPSA) is 129 Å². The third-order valence-electron chi connectivity index (χ3n) is 4.86. The summed E-state index contributed by atoms with van der Waals surface area (Å²) in [7, 11) is 1.46. The predicted octanol–water partition coefficient (Wildman–Crippen LogP) is 3.98. The summed E-state index contributed by atoms with van der Waals surface area (Å²) in [6.45, 7) is 0. The van der Waals surface area contributed by atoms with E-state index in [4.69, 9.17) is 9.47 Å². The van der Waals surface area contributed by atoms with Gasteiger partial charge in [0, 0.05) is 5.56 Å². The second kappa shape index (κ2) is 10.6. The summed E-state index contributed by atoms with van der Waals surface area (Å²) in [5, 5.41) is 13.5. The number of benzene rings is 3. The van der Waals surface area contributed by atoms with Crippen molar-refractivity contribution in [3.8, 4) is 28.8 Å². The van der Waals surface area contributed by atoms with Gasteiger partial charge in [0.1, 0.15) is 11.6 Å². The number of H-pyrrole nitrogens is 1. The van der Waals surface area contributed by atoms with Gasteiger partial charge >= 0.3 is 5.97 Å². The minimum Gasteiger partial charge on any atom is -0.493 e. The summed E-state index contributed by atoms with van der Waals surface area (Å²) in [5.41, 5.74) is 3.94. The molecule has 2 N–H and O–H groups in total. The number of hydrogen-bond acceptors (Lipinski definition) is 8. The molecular formula is C26H19N5O4. The molecule has 4 aromatic rings. The van der Waals surface area contributed by atoms with Crippen LogP contribution in [-0.2, 0) is 0 Å². The normalized spacial score (nSPS) is 10.5. The fourth-order valence-corrected chi connectivity index (χ4v) is 3.18. The quantitative estimate of drug-likeness (QED) is 0.183. The van der Waals surface area contributed by atoms with Gasteiger partial charge < -0.3 is 9.47 Å². The molecule has 1 heterocycles. The van der Waals surface area contributed by atoms with Crippen molar-refractivity contribution in [2.75, 3.05) is 12.5 Å². The SMILES string of the molecule is COc1cc(C=NNc2nc(-c3ccccc3)c(C#N)c(=O)[nH]2)ccc1OC(=O)c1ccccc1. The number of carbonyl (C=O) groups is 1. The van der Waals surface area contributed by atoms with E-state index >= 15 is 0 Å². The van der Waals surface area contributed by atoms with E-state index in [1.165, 1.54) is 13.3 Å². The Kier molecular flexibility index (Phi) is 6.94. The van der Waals surface area contributed by atoms with Crippen LogP contribution in [0.4, 0.5) is 5.95 Å². The van der Waals surface area contributed by atoms with Gasteiger partial charge in [0.2, 0.25) is 5.95 Å². The molecule has 1 aromatic heterocycles. The molecule has 0 radical (unpaired) electrons. The first kappa shape index (κ1) is 22.9. The van der Waals surface area contributed by atoms with Gasteiger partial charge in [-0.25, -0.2) is 15.2 Å². The Morgan fingerprint density at radius 3 is 2.46 bits per heavy atom. The van der Waals surface area contributed by atoms with Gasteiger partial charge in [-0.3, -0.25) is 9.78 Å². The van der Waals surface area contributed by atoms with Gasteiger partial charge in [-0.05, 0) is 35.9 Å². The molecule has 0 aliphatic heterocycles. The molecule has 0 atom stereocenters. The molecule has 172 valence electrons. The van der Waals surface area contributed by atoms with Crippen LogP contribution >= 0.6 is 0 Å². The molecule has 9 heteroatoms. The summed E-state index contributed by atoms with van der Waals surface area (Å²) in [6, 6.07) is 24.4. The molecule has 3 aromatic carbocycles. The number of nitrogens with one attached hydrogen (secondary N) is 2. The Morgan fingerprint density at radius 2 is 1.77 bits per heavy atom. The summed E-state index contributed by atoms with van der Waals surface area (Å²) in [6.07, 6.45) is 1.48. The second-order valence-electron chi connectivity index (χ2n) is 7.15. The number of aromatic amines is 1. The van der Waals surface area contributed by atoms with Crippen molar-refractivity contribution in [2.24, 2.45) is 5.10 Å². The predicted molar refractivity (Wildman–Crippen MR) is 131 cm³/mol. The highest BCUT2D eigenvalue weighted by molar-refractivity contribution is 5.91. The van der Waals surface area contributed by atoms with E-state index < -0.39 is 11.5 Å². The van der Waals surface area contributed by atoms with Crippen LogP contribution in [0.3, 0.4) is 0 Å². The van der Waals surface area contributed by atoms with Crippen molar-refractivity contribution >= 4 is 18.1 Å². The molecule has 4 rings (SSSR count). The van der Waals surface area contributed by atoms with Gasteiger partial charge in [0.05, 0.1) is 24.6 Å². The Balaban J connectivity index is 1.52. The zero-order valence-electron chi connectivity index (χ0n) is 18.6. The van der Waals surface area contributed by atoms with Crippen LogP contribution in [0.5, 0.6) is 11.5 Å². The van der Waals surface area contributed by atoms with E-state index in [-0.39, 0.29) is 23.0 Å². The summed E-state index contributed by atoms with van der Waals surface area (Å²) >= 11 is 0. The van der Waals surface area contributed by atoms with Crippen molar-refractivity contribution in [1.82, 2.24) is 9.97 Å². The van der Waals surface area contributed by atoms with E-state index in [1.54, 1.807) is 66.7 Å². The molecule has 0 aliphatic rings. The van der Waals surface area contributed by atoms with Crippen molar-refractivity contribution < 1.29 is 14.3 Å². The Bertz CT molecular complexity index is 1480. The van der Waals surface area contributed by atoms with E-state index in [9.17, 15) is 14.9 Å².